The van der Waals surface area contributed by atoms with E-state index in [1.54, 1.807) is 0 Å². The van der Waals surface area contributed by atoms with E-state index >= 15 is 0 Å². The molecule has 1 aliphatic heterocycles. The van der Waals surface area contributed by atoms with E-state index in [2.05, 4.69) is 47.4 Å². The van der Waals surface area contributed by atoms with Crippen molar-refractivity contribution in [1.29, 1.82) is 0 Å². The molecule has 0 bridgehead atoms. The summed E-state index contributed by atoms with van der Waals surface area (Å²) >= 11 is 0. The molecule has 4 nitrogen and oxygen atoms in total. The van der Waals surface area contributed by atoms with Gasteiger partial charge < -0.3 is 10.2 Å². The minimum absolute atomic E-state index is 0.601. The van der Waals surface area contributed by atoms with E-state index in [0.29, 0.717) is 6.04 Å². The minimum atomic E-state index is 0.601. The fourth-order valence-corrected chi connectivity index (χ4v) is 4.91. The third-order valence-corrected chi connectivity index (χ3v) is 6.36. The average Bonchev–Trinajstić information content (AvgIpc) is 2.89. The summed E-state index contributed by atoms with van der Waals surface area (Å²) in [7, 11) is 2.03. The van der Waals surface area contributed by atoms with Crippen molar-refractivity contribution >= 4 is 16.6 Å². The maximum absolute atomic E-state index is 4.53. The maximum Gasteiger partial charge on any atom is 0.0702 e. The summed E-state index contributed by atoms with van der Waals surface area (Å²) in [5, 5.41) is 9.56. The number of piperidine rings is 1. The summed E-state index contributed by atoms with van der Waals surface area (Å²) in [4.78, 5) is 2.77. The van der Waals surface area contributed by atoms with E-state index < -0.39 is 0 Å². The summed E-state index contributed by atoms with van der Waals surface area (Å²) in [5.74, 6) is 0.920. The highest BCUT2D eigenvalue weighted by atomic mass is 15.3. The first-order chi connectivity index (χ1) is 12.1. The third-order valence-electron chi connectivity index (χ3n) is 6.36. The van der Waals surface area contributed by atoms with E-state index in [4.69, 9.17) is 0 Å². The van der Waals surface area contributed by atoms with Gasteiger partial charge in [-0.2, -0.15) is 5.10 Å². The molecule has 1 saturated heterocycles. The Morgan fingerprint density at radius 2 is 1.92 bits per heavy atom. The van der Waals surface area contributed by atoms with Gasteiger partial charge >= 0.3 is 0 Å². The number of aromatic nitrogens is 2. The molecule has 136 valence electrons. The van der Waals surface area contributed by atoms with Gasteiger partial charge in [0.25, 0.3) is 0 Å². The lowest BCUT2D eigenvalue weighted by molar-refractivity contribution is 0.109. The van der Waals surface area contributed by atoms with Crippen molar-refractivity contribution in [2.75, 3.05) is 18.4 Å². The second-order valence-electron chi connectivity index (χ2n) is 8.32. The molecule has 1 N–H and O–H groups in total. The fourth-order valence-electron chi connectivity index (χ4n) is 4.91. The highest BCUT2D eigenvalue weighted by Crippen LogP contribution is 2.30. The van der Waals surface area contributed by atoms with E-state index in [1.807, 2.05) is 11.7 Å². The molecule has 2 heterocycles. The number of aryl methyl sites for hydroxylation is 2. The summed E-state index contributed by atoms with van der Waals surface area (Å²) in [6.07, 6.45) is 8.20. The second kappa shape index (κ2) is 6.99. The van der Waals surface area contributed by atoms with Crippen molar-refractivity contribution in [1.82, 2.24) is 14.7 Å². The molecule has 2 aliphatic rings. The van der Waals surface area contributed by atoms with E-state index in [0.717, 1.165) is 17.7 Å². The number of benzene rings is 1. The van der Waals surface area contributed by atoms with Gasteiger partial charge in [0.1, 0.15) is 0 Å². The SMILES string of the molecule is Cc1nn(C)c2cc(NC3CCN(C4CCCC(C)C4)CC3)ccc12. The van der Waals surface area contributed by atoms with Crippen molar-refractivity contribution < 1.29 is 0 Å². The largest absolute Gasteiger partial charge is 0.382 e. The molecule has 2 aromatic rings. The highest BCUT2D eigenvalue weighted by Gasteiger charge is 2.28. The van der Waals surface area contributed by atoms with Crippen LogP contribution in [0.15, 0.2) is 18.2 Å². The molecule has 1 saturated carbocycles. The molecule has 4 rings (SSSR count). The monoisotopic (exact) mass is 340 g/mol. The van der Waals surface area contributed by atoms with Crippen LogP contribution in [0.1, 0.15) is 51.1 Å². The molecule has 2 atom stereocenters. The minimum Gasteiger partial charge on any atom is -0.382 e. The van der Waals surface area contributed by atoms with Crippen LogP contribution in [-0.4, -0.2) is 39.9 Å². The van der Waals surface area contributed by atoms with Crippen LogP contribution in [0.25, 0.3) is 10.9 Å². The summed E-state index contributed by atoms with van der Waals surface area (Å²) in [6, 6.07) is 8.12. The predicted molar refractivity (Wildman–Crippen MR) is 105 cm³/mol. The van der Waals surface area contributed by atoms with Crippen LogP contribution in [0, 0.1) is 12.8 Å². The Labute approximate surface area is 151 Å². The fraction of sp³-hybridized carbons (Fsp3) is 0.667. The number of likely N-dealkylation sites (tertiary alicyclic amines) is 1. The number of nitrogens with zero attached hydrogens (tertiary/aromatic N) is 3. The number of rotatable bonds is 3. The molecule has 2 fully saturated rings. The van der Waals surface area contributed by atoms with Crippen LogP contribution in [-0.2, 0) is 7.05 Å². The molecule has 0 radical (unpaired) electrons. The lowest BCUT2D eigenvalue weighted by Gasteiger charge is -2.41. The maximum atomic E-state index is 4.53. The van der Waals surface area contributed by atoms with E-state index in [1.165, 1.54) is 68.2 Å². The van der Waals surface area contributed by atoms with E-state index in [9.17, 15) is 0 Å². The third kappa shape index (κ3) is 3.55. The van der Waals surface area contributed by atoms with Gasteiger partial charge in [-0.15, -0.1) is 0 Å². The molecule has 25 heavy (non-hydrogen) atoms. The van der Waals surface area contributed by atoms with Gasteiger partial charge in [-0.05, 0) is 56.7 Å². The average molecular weight is 341 g/mol. The predicted octanol–water partition coefficient (Wildman–Crippen LogP) is 4.34. The molecule has 1 aromatic heterocycles. The van der Waals surface area contributed by atoms with Crippen molar-refractivity contribution in [3.05, 3.63) is 23.9 Å². The molecule has 4 heteroatoms. The first-order valence-corrected chi connectivity index (χ1v) is 10.0. The summed E-state index contributed by atoms with van der Waals surface area (Å²) in [6.45, 7) is 7.01. The zero-order valence-electron chi connectivity index (χ0n) is 16.0. The van der Waals surface area contributed by atoms with Crippen LogP contribution < -0.4 is 5.32 Å². The smallest absolute Gasteiger partial charge is 0.0702 e. The standard InChI is InChI=1S/C21H32N4/c1-15-5-4-6-19(13-15)25-11-9-17(10-12-25)22-18-7-8-20-16(2)23-24(3)21(20)14-18/h7-8,14-15,17,19,22H,4-6,9-13H2,1-3H3. The molecule has 0 amide bonds. The topological polar surface area (TPSA) is 33.1 Å². The molecule has 1 aliphatic carbocycles. The van der Waals surface area contributed by atoms with Crippen molar-refractivity contribution in [3.63, 3.8) is 0 Å². The van der Waals surface area contributed by atoms with Crippen LogP contribution in [0.3, 0.4) is 0 Å². The quantitative estimate of drug-likeness (QED) is 0.902. The van der Waals surface area contributed by atoms with Gasteiger partial charge in [0.05, 0.1) is 11.2 Å². The number of hydrogen-bond acceptors (Lipinski definition) is 3. The summed E-state index contributed by atoms with van der Waals surface area (Å²) < 4.78 is 1.99. The molecular weight excluding hydrogens is 308 g/mol. The first kappa shape index (κ1) is 16.9. The zero-order valence-corrected chi connectivity index (χ0v) is 16.0. The highest BCUT2D eigenvalue weighted by molar-refractivity contribution is 5.85. The first-order valence-electron chi connectivity index (χ1n) is 10.0. The Morgan fingerprint density at radius 1 is 1.12 bits per heavy atom. The number of fused-ring (bicyclic) bond motifs is 1. The van der Waals surface area contributed by atoms with Crippen molar-refractivity contribution in [2.24, 2.45) is 13.0 Å². The van der Waals surface area contributed by atoms with Gasteiger partial charge in [0, 0.05) is 43.3 Å². The number of hydrogen-bond donors (Lipinski definition) is 1. The van der Waals surface area contributed by atoms with Crippen molar-refractivity contribution in [2.45, 2.75) is 64.5 Å². The number of anilines is 1. The molecular formula is C21H32N4. The van der Waals surface area contributed by atoms with Crippen LogP contribution in [0.4, 0.5) is 5.69 Å². The van der Waals surface area contributed by atoms with Crippen molar-refractivity contribution in [3.8, 4) is 0 Å². The molecule has 1 aromatic carbocycles. The van der Waals surface area contributed by atoms with Crippen LogP contribution in [0.5, 0.6) is 0 Å². The van der Waals surface area contributed by atoms with Crippen LogP contribution in [0.2, 0.25) is 0 Å². The van der Waals surface area contributed by atoms with Crippen LogP contribution >= 0.6 is 0 Å². The Hall–Kier alpha value is -1.55. The number of nitrogens with one attached hydrogen (secondary N) is 1. The molecule has 0 spiro atoms. The second-order valence-corrected chi connectivity index (χ2v) is 8.32. The van der Waals surface area contributed by atoms with Gasteiger partial charge in [-0.1, -0.05) is 19.8 Å². The van der Waals surface area contributed by atoms with Gasteiger partial charge in [-0.25, -0.2) is 0 Å². The Morgan fingerprint density at radius 3 is 2.68 bits per heavy atom. The summed E-state index contributed by atoms with van der Waals surface area (Å²) in [5.41, 5.74) is 3.57. The lowest BCUT2D eigenvalue weighted by Crippen LogP contribution is -2.46. The zero-order chi connectivity index (χ0) is 17.4. The Balaban J connectivity index is 1.36. The molecule has 2 unspecified atom stereocenters. The van der Waals surface area contributed by atoms with Gasteiger partial charge in [-0.3, -0.25) is 4.68 Å². The van der Waals surface area contributed by atoms with Gasteiger partial charge in [0.2, 0.25) is 0 Å². The normalized spacial score (nSPS) is 26.2. The van der Waals surface area contributed by atoms with E-state index in [-0.39, 0.29) is 0 Å². The lowest BCUT2D eigenvalue weighted by atomic mass is 9.85. The Kier molecular flexibility index (Phi) is 4.72. The Bertz CT molecular complexity index is 727. The van der Waals surface area contributed by atoms with Gasteiger partial charge in [0.15, 0.2) is 0 Å².